The number of aromatic hydroxyl groups is 2. The first-order chi connectivity index (χ1) is 19.8. The number of nitrogens with two attached hydrogens (primary N) is 1. The number of rotatable bonds is 6. The summed E-state index contributed by atoms with van der Waals surface area (Å²) in [6, 6.07) is 1.32. The number of phenolic OH excluding ortho intramolecular Hbond substituents is 2. The van der Waals surface area contributed by atoms with Crippen LogP contribution >= 0.6 is 0 Å². The number of allylic oxidation sites excluding steroid dienone is 3. The van der Waals surface area contributed by atoms with Gasteiger partial charge in [-0.25, -0.2) is 4.79 Å². The van der Waals surface area contributed by atoms with Gasteiger partial charge in [-0.3, -0.25) is 4.79 Å². The maximum Gasteiger partial charge on any atom is 0.405 e. The summed E-state index contributed by atoms with van der Waals surface area (Å²) in [6.45, 7) is 13.8. The summed E-state index contributed by atoms with van der Waals surface area (Å²) in [6.07, 6.45) is 7.07. The van der Waals surface area contributed by atoms with E-state index >= 15 is 0 Å². The lowest BCUT2D eigenvalue weighted by Gasteiger charge is -2.30. The Kier molecular flexibility index (Phi) is 13.1. The third-order valence-corrected chi connectivity index (χ3v) is 7.75. The summed E-state index contributed by atoms with van der Waals surface area (Å²) in [5.41, 5.74) is 7.45. The molecular formula is C32H47N3O7. The first-order valence-corrected chi connectivity index (χ1v) is 14.1. The molecule has 0 aromatic heterocycles. The lowest BCUT2D eigenvalue weighted by atomic mass is 9.83. The summed E-state index contributed by atoms with van der Waals surface area (Å²) in [5, 5.41) is 28.0. The highest BCUT2D eigenvalue weighted by Gasteiger charge is 2.29. The molecule has 232 valence electrons. The van der Waals surface area contributed by atoms with Crippen molar-refractivity contribution in [3.05, 3.63) is 59.7 Å². The van der Waals surface area contributed by atoms with E-state index in [2.05, 4.69) is 31.1 Å². The smallest absolute Gasteiger partial charge is 0.405 e. The number of phenols is 2. The van der Waals surface area contributed by atoms with Crippen LogP contribution in [-0.2, 0) is 25.4 Å². The van der Waals surface area contributed by atoms with Crippen molar-refractivity contribution in [3.63, 3.8) is 0 Å². The number of primary amides is 1. The van der Waals surface area contributed by atoms with Gasteiger partial charge in [-0.15, -0.1) is 6.58 Å². The second kappa shape index (κ2) is 16.0. The summed E-state index contributed by atoms with van der Waals surface area (Å²) in [4.78, 5) is 24.8. The van der Waals surface area contributed by atoms with Gasteiger partial charge in [0.25, 0.3) is 5.91 Å². The van der Waals surface area contributed by atoms with Gasteiger partial charge >= 0.3 is 6.09 Å². The predicted octanol–water partition coefficient (Wildman–Crippen LogP) is 5.43. The molecule has 6 atom stereocenters. The molecule has 0 saturated heterocycles. The van der Waals surface area contributed by atoms with Crippen LogP contribution in [0.1, 0.15) is 46.6 Å². The van der Waals surface area contributed by atoms with Crippen molar-refractivity contribution < 1.29 is 34.0 Å². The van der Waals surface area contributed by atoms with E-state index in [1.54, 1.807) is 38.3 Å². The first kappa shape index (κ1) is 34.4. The van der Waals surface area contributed by atoms with Gasteiger partial charge in [0.1, 0.15) is 17.6 Å². The molecule has 1 aromatic carbocycles. The van der Waals surface area contributed by atoms with Crippen molar-refractivity contribution in [3.8, 4) is 11.5 Å². The first-order valence-electron chi connectivity index (χ1n) is 14.1. The number of hydrogen-bond acceptors (Lipinski definition) is 8. The topological polar surface area (TPSA) is 152 Å². The number of nitrogens with one attached hydrogen (secondary N) is 2. The standard InChI is InChI=1S/C32H47N3O7/c1-9-13-34-28-23-14-18(2)15-27(41-8)22(6)20(4)16-21(5)30(42-32(33)39)26(40-7)12-10-11-19(3)31(38)35-24(29(23)37)17-25(28)36/h9-12,16-18,20,22,26-27,30,34,36-37H,1,13-15H2,2-8H3,(H2,33,39)(H,35,38)/b12-10-,19-11+,21-16+/t18-,20+,22-,26?,27?,30?/m1/s1. The van der Waals surface area contributed by atoms with Gasteiger partial charge in [0.15, 0.2) is 6.10 Å². The average Bonchev–Trinajstić information content (AvgIpc) is 2.94. The molecule has 2 bridgehead atoms. The van der Waals surface area contributed by atoms with Crippen molar-refractivity contribution in [2.45, 2.75) is 65.8 Å². The molecule has 0 aliphatic carbocycles. The van der Waals surface area contributed by atoms with Crippen molar-refractivity contribution in [1.29, 1.82) is 0 Å². The second-order valence-corrected chi connectivity index (χ2v) is 11.0. The summed E-state index contributed by atoms with van der Waals surface area (Å²) < 4.78 is 17.0. The van der Waals surface area contributed by atoms with Gasteiger partial charge in [0.2, 0.25) is 0 Å². The lowest BCUT2D eigenvalue weighted by molar-refractivity contribution is -0.112. The van der Waals surface area contributed by atoms with Crippen LogP contribution in [0.4, 0.5) is 16.2 Å². The van der Waals surface area contributed by atoms with E-state index in [4.69, 9.17) is 19.9 Å². The Balaban J connectivity index is 2.67. The second-order valence-electron chi connectivity index (χ2n) is 11.0. The molecule has 0 radical (unpaired) electrons. The maximum atomic E-state index is 13.0. The van der Waals surface area contributed by atoms with Crippen LogP contribution in [0.2, 0.25) is 0 Å². The highest BCUT2D eigenvalue weighted by Crippen LogP contribution is 2.42. The minimum atomic E-state index is -0.927. The highest BCUT2D eigenvalue weighted by atomic mass is 16.6. The van der Waals surface area contributed by atoms with Gasteiger partial charge in [-0.05, 0) is 50.0 Å². The molecule has 1 aliphatic heterocycles. The van der Waals surface area contributed by atoms with E-state index in [-0.39, 0.29) is 41.0 Å². The third-order valence-electron chi connectivity index (χ3n) is 7.75. The fourth-order valence-electron chi connectivity index (χ4n) is 5.19. The zero-order chi connectivity index (χ0) is 31.6. The number of carbonyl (C=O) groups excluding carboxylic acids is 2. The number of methoxy groups -OCH3 is 2. The van der Waals surface area contributed by atoms with Crippen molar-refractivity contribution in [2.75, 3.05) is 31.4 Å². The normalized spacial score (nSPS) is 29.3. The minimum Gasteiger partial charge on any atom is -0.506 e. The number of carbonyl (C=O) groups is 2. The molecule has 2 amide bonds. The Hall–Kier alpha value is -3.76. The molecule has 1 aliphatic rings. The van der Waals surface area contributed by atoms with Crippen LogP contribution in [0.25, 0.3) is 0 Å². The summed E-state index contributed by atoms with van der Waals surface area (Å²) in [5.74, 6) is -0.590. The number of amides is 2. The van der Waals surface area contributed by atoms with Crippen LogP contribution < -0.4 is 16.4 Å². The van der Waals surface area contributed by atoms with E-state index in [1.165, 1.54) is 13.2 Å². The fourth-order valence-corrected chi connectivity index (χ4v) is 5.19. The maximum absolute atomic E-state index is 13.0. The van der Waals surface area contributed by atoms with Gasteiger partial charge < -0.3 is 40.8 Å². The monoisotopic (exact) mass is 585 g/mol. The molecule has 42 heavy (non-hydrogen) atoms. The minimum absolute atomic E-state index is 0.0203. The average molecular weight is 586 g/mol. The van der Waals surface area contributed by atoms with Crippen LogP contribution in [0.5, 0.6) is 11.5 Å². The van der Waals surface area contributed by atoms with Gasteiger partial charge in [-0.1, -0.05) is 51.2 Å². The molecule has 10 nitrogen and oxygen atoms in total. The van der Waals surface area contributed by atoms with E-state index < -0.39 is 24.2 Å². The molecule has 0 fully saturated rings. The molecule has 1 aromatic rings. The molecule has 0 saturated carbocycles. The number of anilines is 2. The Bertz CT molecular complexity index is 1210. The molecule has 1 heterocycles. The van der Waals surface area contributed by atoms with Crippen molar-refractivity contribution in [2.24, 2.45) is 23.5 Å². The van der Waals surface area contributed by atoms with Gasteiger partial charge in [0, 0.05) is 38.0 Å². The largest absolute Gasteiger partial charge is 0.506 e. The Morgan fingerprint density at radius 2 is 1.90 bits per heavy atom. The van der Waals surface area contributed by atoms with E-state index in [0.717, 1.165) is 5.57 Å². The molecule has 0 spiro atoms. The lowest BCUT2D eigenvalue weighted by Crippen LogP contribution is -2.35. The molecular weight excluding hydrogens is 538 g/mol. The van der Waals surface area contributed by atoms with Crippen LogP contribution in [0.3, 0.4) is 0 Å². The fraction of sp³-hybridized carbons (Fsp3) is 0.500. The van der Waals surface area contributed by atoms with Gasteiger partial charge in [-0.2, -0.15) is 0 Å². The zero-order valence-electron chi connectivity index (χ0n) is 25.8. The molecule has 3 unspecified atom stereocenters. The summed E-state index contributed by atoms with van der Waals surface area (Å²) in [7, 11) is 3.16. The van der Waals surface area contributed by atoms with Crippen LogP contribution in [0.15, 0.2) is 54.2 Å². The highest BCUT2D eigenvalue weighted by molar-refractivity contribution is 6.04. The molecule has 6 N–H and O–H groups in total. The van der Waals surface area contributed by atoms with Crippen molar-refractivity contribution >= 4 is 23.4 Å². The van der Waals surface area contributed by atoms with Crippen LogP contribution in [0, 0.1) is 17.8 Å². The number of benzene rings is 1. The Morgan fingerprint density at radius 1 is 1.21 bits per heavy atom. The third kappa shape index (κ3) is 9.12. The number of fused-ring (bicyclic) bond motifs is 2. The van der Waals surface area contributed by atoms with E-state index in [1.807, 2.05) is 19.9 Å². The van der Waals surface area contributed by atoms with E-state index in [9.17, 15) is 19.8 Å². The zero-order valence-corrected chi connectivity index (χ0v) is 25.8. The van der Waals surface area contributed by atoms with E-state index in [0.29, 0.717) is 36.2 Å². The quantitative estimate of drug-likeness (QED) is 0.168. The molecule has 2 rings (SSSR count). The van der Waals surface area contributed by atoms with Crippen molar-refractivity contribution in [1.82, 2.24) is 0 Å². The number of ether oxygens (including phenoxy) is 3. The Labute approximate surface area is 249 Å². The Morgan fingerprint density at radius 3 is 2.50 bits per heavy atom. The predicted molar refractivity (Wildman–Crippen MR) is 166 cm³/mol. The van der Waals surface area contributed by atoms with Gasteiger partial charge in [0.05, 0.1) is 17.5 Å². The van der Waals surface area contributed by atoms with Crippen LogP contribution in [-0.4, -0.2) is 61.3 Å². The molecule has 10 heteroatoms. The number of hydrogen-bond donors (Lipinski definition) is 5. The SMILES string of the molecule is C=CCNc1c(O)cc2c(O)c1C[C@@H](C)CC(OC)[C@H](C)[C@@H](C)/C=C(\C)C(OC(N)=O)C(OC)/C=C\C=C(/C)C(=O)N2. The summed E-state index contributed by atoms with van der Waals surface area (Å²) >= 11 is 0.